The monoisotopic (exact) mass is 297 g/mol. The molecule has 5 heteroatoms. The molecule has 1 aromatic rings. The van der Waals surface area contributed by atoms with Crippen molar-refractivity contribution in [2.24, 2.45) is 5.92 Å². The van der Waals surface area contributed by atoms with E-state index in [-0.39, 0.29) is 5.91 Å². The minimum Gasteiger partial charge on any atom is -0.352 e. The van der Waals surface area contributed by atoms with Gasteiger partial charge in [-0.05, 0) is 36.0 Å². The van der Waals surface area contributed by atoms with E-state index in [1.807, 2.05) is 30.8 Å². The van der Waals surface area contributed by atoms with Gasteiger partial charge in [-0.25, -0.2) is 0 Å². The lowest BCUT2D eigenvalue weighted by molar-refractivity contribution is 0.0949. The van der Waals surface area contributed by atoms with Crippen LogP contribution in [0.3, 0.4) is 0 Å². The fraction of sp³-hybridized carbons (Fsp3) is 0.500. The van der Waals surface area contributed by atoms with Crippen molar-refractivity contribution in [1.82, 2.24) is 5.32 Å². The SMILES string of the molecule is CCS(=O)c1ccccc1C(=O)NCCC1CSC1. The molecule has 1 amide bonds. The molecule has 0 spiro atoms. The predicted molar refractivity (Wildman–Crippen MR) is 81.2 cm³/mol. The second-order valence-electron chi connectivity index (χ2n) is 4.58. The van der Waals surface area contributed by atoms with Crippen molar-refractivity contribution in [1.29, 1.82) is 0 Å². The molecule has 0 aliphatic carbocycles. The molecule has 3 nitrogen and oxygen atoms in total. The molecular formula is C14H19NO2S2. The Hall–Kier alpha value is -0.810. The van der Waals surface area contributed by atoms with Crippen LogP contribution in [-0.4, -0.2) is 33.9 Å². The molecule has 1 heterocycles. The maximum atomic E-state index is 12.1. The lowest BCUT2D eigenvalue weighted by Crippen LogP contribution is -2.29. The Morgan fingerprint density at radius 2 is 2.16 bits per heavy atom. The van der Waals surface area contributed by atoms with Gasteiger partial charge < -0.3 is 5.32 Å². The van der Waals surface area contributed by atoms with Crippen molar-refractivity contribution in [3.8, 4) is 0 Å². The molecule has 1 N–H and O–H groups in total. The number of rotatable bonds is 6. The van der Waals surface area contributed by atoms with Gasteiger partial charge in [0.1, 0.15) is 0 Å². The van der Waals surface area contributed by atoms with E-state index >= 15 is 0 Å². The van der Waals surface area contributed by atoms with Crippen LogP contribution in [0, 0.1) is 5.92 Å². The Kier molecular flexibility index (Phi) is 5.45. The summed E-state index contributed by atoms with van der Waals surface area (Å²) < 4.78 is 11.9. The molecule has 104 valence electrons. The highest BCUT2D eigenvalue weighted by molar-refractivity contribution is 8.00. The first-order valence-electron chi connectivity index (χ1n) is 6.55. The number of nitrogens with one attached hydrogen (secondary N) is 1. The van der Waals surface area contributed by atoms with Crippen molar-refractivity contribution in [2.75, 3.05) is 23.8 Å². The number of carbonyl (C=O) groups excluding carboxylic acids is 1. The van der Waals surface area contributed by atoms with Crippen molar-refractivity contribution in [2.45, 2.75) is 18.2 Å². The molecule has 1 aliphatic heterocycles. The summed E-state index contributed by atoms with van der Waals surface area (Å²) in [4.78, 5) is 12.8. The number of thioether (sulfide) groups is 1. The normalized spacial score (nSPS) is 16.7. The van der Waals surface area contributed by atoms with Gasteiger partial charge in [-0.2, -0.15) is 11.8 Å². The molecule has 1 saturated heterocycles. The lowest BCUT2D eigenvalue weighted by Gasteiger charge is -2.24. The number of amides is 1. The van der Waals surface area contributed by atoms with Crippen molar-refractivity contribution in [3.05, 3.63) is 29.8 Å². The Bertz CT molecular complexity index is 472. The van der Waals surface area contributed by atoms with Gasteiger partial charge in [-0.3, -0.25) is 9.00 Å². The van der Waals surface area contributed by atoms with E-state index in [1.54, 1.807) is 12.1 Å². The van der Waals surface area contributed by atoms with E-state index < -0.39 is 10.8 Å². The van der Waals surface area contributed by atoms with Crippen LogP contribution in [0.5, 0.6) is 0 Å². The average molecular weight is 297 g/mol. The molecule has 0 radical (unpaired) electrons. The average Bonchev–Trinajstić information content (AvgIpc) is 2.40. The summed E-state index contributed by atoms with van der Waals surface area (Å²) in [5.41, 5.74) is 0.547. The lowest BCUT2D eigenvalue weighted by atomic mass is 10.1. The summed E-state index contributed by atoms with van der Waals surface area (Å²) >= 11 is 1.96. The van der Waals surface area contributed by atoms with E-state index in [2.05, 4.69) is 5.32 Å². The minimum atomic E-state index is -1.09. The van der Waals surface area contributed by atoms with Gasteiger partial charge in [0.15, 0.2) is 0 Å². The van der Waals surface area contributed by atoms with Gasteiger partial charge in [-0.1, -0.05) is 19.1 Å². The largest absolute Gasteiger partial charge is 0.352 e. The fourth-order valence-corrected chi connectivity index (χ4v) is 3.79. The summed E-state index contributed by atoms with van der Waals surface area (Å²) in [5, 5.41) is 2.93. The van der Waals surface area contributed by atoms with Gasteiger partial charge >= 0.3 is 0 Å². The fourth-order valence-electron chi connectivity index (χ4n) is 1.94. The van der Waals surface area contributed by atoms with Crippen LogP contribution in [0.15, 0.2) is 29.2 Å². The third-order valence-electron chi connectivity index (χ3n) is 3.18. The van der Waals surface area contributed by atoms with E-state index in [4.69, 9.17) is 0 Å². The van der Waals surface area contributed by atoms with Gasteiger partial charge in [0.2, 0.25) is 0 Å². The highest BCUT2D eigenvalue weighted by Crippen LogP contribution is 2.26. The molecule has 0 bridgehead atoms. The standard InChI is InChI=1S/C14H19NO2S2/c1-2-19(17)13-6-4-3-5-12(13)14(16)15-8-7-11-9-18-10-11/h3-6,11H,2,7-10H2,1H3,(H,15,16). The first kappa shape index (κ1) is 14.6. The Morgan fingerprint density at radius 3 is 2.79 bits per heavy atom. The van der Waals surface area contributed by atoms with E-state index in [0.29, 0.717) is 22.8 Å². The second-order valence-corrected chi connectivity index (χ2v) is 7.36. The third kappa shape index (κ3) is 3.83. The van der Waals surface area contributed by atoms with Crippen molar-refractivity contribution < 1.29 is 9.00 Å². The third-order valence-corrected chi connectivity index (χ3v) is 5.97. The highest BCUT2D eigenvalue weighted by Gasteiger charge is 2.18. The number of carbonyl (C=O) groups is 1. The first-order chi connectivity index (χ1) is 9.22. The van der Waals surface area contributed by atoms with Gasteiger partial charge in [0, 0.05) is 12.3 Å². The van der Waals surface area contributed by atoms with Crippen LogP contribution < -0.4 is 5.32 Å². The molecular weight excluding hydrogens is 278 g/mol. The van der Waals surface area contributed by atoms with Crippen molar-refractivity contribution >= 4 is 28.5 Å². The van der Waals surface area contributed by atoms with E-state index in [1.165, 1.54) is 11.5 Å². The molecule has 1 aliphatic rings. The maximum Gasteiger partial charge on any atom is 0.252 e. The quantitative estimate of drug-likeness (QED) is 0.876. The van der Waals surface area contributed by atoms with Crippen LogP contribution in [0.4, 0.5) is 0 Å². The minimum absolute atomic E-state index is 0.107. The number of hydrogen-bond acceptors (Lipinski definition) is 3. The molecule has 1 unspecified atom stereocenters. The molecule has 1 aromatic carbocycles. The van der Waals surface area contributed by atoms with Gasteiger partial charge in [0.25, 0.3) is 5.91 Å². The topological polar surface area (TPSA) is 46.2 Å². The zero-order valence-corrected chi connectivity index (χ0v) is 12.7. The number of hydrogen-bond donors (Lipinski definition) is 1. The van der Waals surface area contributed by atoms with Gasteiger partial charge in [0.05, 0.1) is 21.3 Å². The van der Waals surface area contributed by atoms with Crippen LogP contribution in [0.1, 0.15) is 23.7 Å². The Morgan fingerprint density at radius 1 is 1.42 bits per heavy atom. The molecule has 0 saturated carbocycles. The maximum absolute atomic E-state index is 12.1. The molecule has 2 rings (SSSR count). The smallest absolute Gasteiger partial charge is 0.252 e. The molecule has 0 aromatic heterocycles. The van der Waals surface area contributed by atoms with Crippen molar-refractivity contribution in [3.63, 3.8) is 0 Å². The molecule has 1 fully saturated rings. The summed E-state index contributed by atoms with van der Waals surface area (Å²) in [6, 6.07) is 7.16. The summed E-state index contributed by atoms with van der Waals surface area (Å²) in [7, 11) is -1.09. The van der Waals surface area contributed by atoms with Crippen LogP contribution in [0.25, 0.3) is 0 Å². The summed E-state index contributed by atoms with van der Waals surface area (Å²) in [6.07, 6.45) is 1.04. The van der Waals surface area contributed by atoms with E-state index in [9.17, 15) is 9.00 Å². The number of benzene rings is 1. The highest BCUT2D eigenvalue weighted by atomic mass is 32.2. The van der Waals surface area contributed by atoms with E-state index in [0.717, 1.165) is 12.3 Å². The predicted octanol–water partition coefficient (Wildman–Crippen LogP) is 2.30. The zero-order chi connectivity index (χ0) is 13.7. The van der Waals surface area contributed by atoms with Gasteiger partial charge in [-0.15, -0.1) is 0 Å². The zero-order valence-electron chi connectivity index (χ0n) is 11.1. The van der Waals surface area contributed by atoms with Crippen LogP contribution in [-0.2, 0) is 10.8 Å². The van der Waals surface area contributed by atoms with Crippen LogP contribution >= 0.6 is 11.8 Å². The van der Waals surface area contributed by atoms with Crippen LogP contribution in [0.2, 0.25) is 0 Å². The Balaban J connectivity index is 1.95. The molecule has 1 atom stereocenters. The summed E-state index contributed by atoms with van der Waals surface area (Å²) in [5.74, 6) is 3.61. The second kappa shape index (κ2) is 7.10. The Labute approximate surface area is 121 Å². The molecule has 19 heavy (non-hydrogen) atoms. The summed E-state index contributed by atoms with van der Waals surface area (Å²) in [6.45, 7) is 2.57. The first-order valence-corrected chi connectivity index (χ1v) is 9.03.